The number of hydrogen-bond acceptors (Lipinski definition) is 4. The Kier molecular flexibility index (Phi) is 9.63. The van der Waals surface area contributed by atoms with Gasteiger partial charge >= 0.3 is 5.97 Å². The molecule has 9 rings (SSSR count). The summed E-state index contributed by atoms with van der Waals surface area (Å²) in [6.07, 6.45) is 8.36. The fourth-order valence-corrected chi connectivity index (χ4v) is 7.12. The van der Waals surface area contributed by atoms with Crippen molar-refractivity contribution in [2.24, 2.45) is 0 Å². The number of ether oxygens (including phenoxy) is 1. The van der Waals surface area contributed by atoms with Crippen LogP contribution in [0.15, 0.2) is 152 Å². The maximum atomic E-state index is 12.3. The average molecular weight is 764 g/mol. The zero-order chi connectivity index (χ0) is 36.6. The normalized spacial score (nSPS) is 11.6. The summed E-state index contributed by atoms with van der Waals surface area (Å²) < 4.78 is 5.53. The summed E-state index contributed by atoms with van der Waals surface area (Å²) in [7, 11) is 0. The van der Waals surface area contributed by atoms with Gasteiger partial charge in [-0.3, -0.25) is 0 Å². The van der Waals surface area contributed by atoms with Gasteiger partial charge in [-0.1, -0.05) is 110 Å². The molecule has 0 atom stereocenters. The van der Waals surface area contributed by atoms with E-state index >= 15 is 0 Å². The van der Waals surface area contributed by atoms with Crippen molar-refractivity contribution in [2.75, 3.05) is 0 Å². The maximum Gasteiger partial charge on any atom is 0.338 e. The molecule has 0 aliphatic carbocycles. The second-order valence-electron chi connectivity index (χ2n) is 13.3. The van der Waals surface area contributed by atoms with Crippen molar-refractivity contribution in [3.63, 3.8) is 0 Å². The summed E-state index contributed by atoms with van der Waals surface area (Å²) in [5, 5.41) is 0. The third-order valence-electron chi connectivity index (χ3n) is 9.64. The number of nitrogens with one attached hydrogen (secondary N) is 2. The molecule has 0 spiro atoms. The topological polar surface area (TPSA) is 83.7 Å². The molecule has 0 radical (unpaired) electrons. The molecule has 7 aromatic rings. The number of H-pyrrole nitrogens is 2. The Balaban J connectivity index is 0.00000427. The van der Waals surface area contributed by atoms with Gasteiger partial charge in [-0.05, 0) is 89.9 Å². The van der Waals surface area contributed by atoms with Crippen LogP contribution < -0.4 is 4.74 Å². The van der Waals surface area contributed by atoms with Crippen molar-refractivity contribution in [3.05, 3.63) is 174 Å². The smallest absolute Gasteiger partial charge is 0.338 e. The first-order valence-electron chi connectivity index (χ1n) is 17.8. The van der Waals surface area contributed by atoms with Gasteiger partial charge in [0, 0.05) is 69.4 Å². The van der Waals surface area contributed by atoms with Crippen molar-refractivity contribution in [1.82, 2.24) is 19.9 Å². The second-order valence-corrected chi connectivity index (χ2v) is 13.3. The number of aromatic nitrogens is 4. The zero-order valence-corrected chi connectivity index (χ0v) is 33.2. The van der Waals surface area contributed by atoms with Gasteiger partial charge in [0.2, 0.25) is 0 Å². The predicted molar refractivity (Wildman–Crippen MR) is 221 cm³/mol. The SMILES string of the molecule is C=C(C)C(=O)Oc1ccc(-c2c3nc(c(-c4ccccc4)c4ccc([nH]4)c(-c4ccccc4)c4nc(c(-c5ccccc5)c5ccc2[nH]5)C=C4)C=C3)cc1.[Zn]. The van der Waals surface area contributed by atoms with Crippen LogP contribution in [0.1, 0.15) is 29.7 Å². The quantitative estimate of drug-likeness (QED) is 0.0764. The number of nitrogens with zero attached hydrogens (tertiary/aromatic N) is 2. The number of benzene rings is 4. The first-order valence-corrected chi connectivity index (χ1v) is 17.8. The molecule has 2 aliphatic heterocycles. The van der Waals surface area contributed by atoms with E-state index in [4.69, 9.17) is 14.7 Å². The number of aromatic amines is 2. The van der Waals surface area contributed by atoms with Crippen LogP contribution in [0.3, 0.4) is 0 Å². The second kappa shape index (κ2) is 15.0. The van der Waals surface area contributed by atoms with Crippen LogP contribution in [0.25, 0.3) is 90.9 Å². The van der Waals surface area contributed by atoms with Gasteiger partial charge in [-0.2, -0.15) is 0 Å². The molecule has 55 heavy (non-hydrogen) atoms. The molecule has 0 unspecified atom stereocenters. The molecule has 2 aliphatic rings. The Morgan fingerprint density at radius 1 is 0.473 bits per heavy atom. The Hall–Kier alpha value is -6.69. The molecule has 6 nitrogen and oxygen atoms in total. The molecule has 3 aromatic heterocycles. The molecule has 7 heteroatoms. The summed E-state index contributed by atoms with van der Waals surface area (Å²) in [6, 6.07) is 47.1. The summed E-state index contributed by atoms with van der Waals surface area (Å²) in [5.41, 5.74) is 15.3. The van der Waals surface area contributed by atoms with E-state index in [0.29, 0.717) is 11.3 Å². The van der Waals surface area contributed by atoms with Gasteiger partial charge in [0.05, 0.1) is 22.8 Å². The van der Waals surface area contributed by atoms with Crippen molar-refractivity contribution in [3.8, 4) is 50.3 Å². The van der Waals surface area contributed by atoms with E-state index in [1.807, 2.05) is 54.6 Å². The predicted octanol–water partition coefficient (Wildman–Crippen LogP) is 11.8. The van der Waals surface area contributed by atoms with E-state index in [2.05, 4.69) is 114 Å². The number of rotatable bonds is 6. The van der Waals surface area contributed by atoms with Gasteiger partial charge < -0.3 is 14.7 Å². The van der Waals surface area contributed by atoms with E-state index in [-0.39, 0.29) is 19.5 Å². The Morgan fingerprint density at radius 2 is 0.782 bits per heavy atom. The molecule has 260 valence electrons. The fraction of sp³-hybridized carbons (Fsp3) is 0.0208. The summed E-state index contributed by atoms with van der Waals surface area (Å²) in [6.45, 7) is 5.35. The standard InChI is InChI=1S/C48H34N4O2.Zn/c1-30(2)48(53)54-35-20-18-34(19-21-35)47-42-28-26-40(51-42)45(32-14-8-4-9-15-32)38-24-22-36(49-38)44(31-12-6-3-7-13-31)37-23-25-39(50-37)46(33-16-10-5-11-17-33)41-27-29-43(47)52-41;/h3-29,49,52H,1H2,2H3;. The van der Waals surface area contributed by atoms with E-state index in [9.17, 15) is 4.79 Å². The number of carbonyl (C=O) groups is 1. The fourth-order valence-electron chi connectivity index (χ4n) is 7.12. The minimum atomic E-state index is -0.463. The number of fused-ring (bicyclic) bond motifs is 8. The van der Waals surface area contributed by atoms with Crippen molar-refractivity contribution < 1.29 is 29.0 Å². The van der Waals surface area contributed by atoms with Gasteiger partial charge in [-0.15, -0.1) is 0 Å². The largest absolute Gasteiger partial charge is 0.423 e. The van der Waals surface area contributed by atoms with Crippen LogP contribution >= 0.6 is 0 Å². The molecule has 0 fully saturated rings. The minimum absolute atomic E-state index is 0. The van der Waals surface area contributed by atoms with Crippen LogP contribution in [-0.4, -0.2) is 25.9 Å². The van der Waals surface area contributed by atoms with Crippen molar-refractivity contribution in [1.29, 1.82) is 0 Å². The van der Waals surface area contributed by atoms with Crippen LogP contribution in [0.5, 0.6) is 5.75 Å². The Morgan fingerprint density at radius 3 is 1.09 bits per heavy atom. The molecular formula is C48H34N4O2Zn. The summed E-state index contributed by atoms with van der Waals surface area (Å²) >= 11 is 0. The third kappa shape index (κ3) is 6.82. The molecule has 8 bridgehead atoms. The number of hydrogen-bond donors (Lipinski definition) is 2. The minimum Gasteiger partial charge on any atom is -0.423 e. The molecule has 0 saturated heterocycles. The van der Waals surface area contributed by atoms with Crippen LogP contribution in [-0.2, 0) is 24.3 Å². The summed E-state index contributed by atoms with van der Waals surface area (Å²) in [4.78, 5) is 30.5. The van der Waals surface area contributed by atoms with Gasteiger partial charge in [0.25, 0.3) is 0 Å². The number of carbonyl (C=O) groups excluding carboxylic acids is 1. The molecule has 5 heterocycles. The maximum absolute atomic E-state index is 12.3. The summed E-state index contributed by atoms with van der Waals surface area (Å²) in [5.74, 6) is -0.0229. The first kappa shape index (κ1) is 35.3. The van der Waals surface area contributed by atoms with E-state index in [0.717, 1.165) is 89.4 Å². The first-order chi connectivity index (χ1) is 26.5. The molecular weight excluding hydrogens is 730 g/mol. The number of esters is 1. The van der Waals surface area contributed by atoms with Crippen molar-refractivity contribution >= 4 is 52.3 Å². The molecule has 4 aromatic carbocycles. The molecule has 0 amide bonds. The Bertz CT molecular complexity index is 2780. The third-order valence-corrected chi connectivity index (χ3v) is 9.64. The molecule has 0 saturated carbocycles. The van der Waals surface area contributed by atoms with E-state index in [1.54, 1.807) is 19.1 Å². The van der Waals surface area contributed by atoms with Gasteiger partial charge in [-0.25, -0.2) is 14.8 Å². The van der Waals surface area contributed by atoms with Crippen LogP contribution in [0.2, 0.25) is 0 Å². The van der Waals surface area contributed by atoms with E-state index in [1.165, 1.54) is 0 Å². The van der Waals surface area contributed by atoms with Gasteiger partial charge in [0.15, 0.2) is 0 Å². The zero-order valence-electron chi connectivity index (χ0n) is 30.2. The monoisotopic (exact) mass is 762 g/mol. The van der Waals surface area contributed by atoms with Crippen LogP contribution in [0.4, 0.5) is 0 Å². The average Bonchev–Trinajstić information content (AvgIpc) is 4.05. The molecule has 2 N–H and O–H groups in total. The van der Waals surface area contributed by atoms with Crippen molar-refractivity contribution in [2.45, 2.75) is 6.92 Å². The van der Waals surface area contributed by atoms with Gasteiger partial charge in [0.1, 0.15) is 5.75 Å². The van der Waals surface area contributed by atoms with Crippen LogP contribution in [0, 0.1) is 0 Å². The Labute approximate surface area is 331 Å². The van der Waals surface area contributed by atoms with E-state index < -0.39 is 5.97 Å².